The van der Waals surface area contributed by atoms with Crippen LogP contribution in [0.2, 0.25) is 5.02 Å². The first-order valence-electron chi connectivity index (χ1n) is 9.12. The number of likely N-dealkylation sites (tertiary alicyclic amines) is 2. The second kappa shape index (κ2) is 6.52. The number of rotatable bonds is 2. The molecule has 3 fully saturated rings. The summed E-state index contributed by atoms with van der Waals surface area (Å²) in [4.78, 5) is 27.9. The molecule has 3 heterocycles. The van der Waals surface area contributed by atoms with Crippen molar-refractivity contribution >= 4 is 23.5 Å². The Labute approximate surface area is 153 Å². The van der Waals surface area contributed by atoms with Crippen molar-refractivity contribution < 1.29 is 9.59 Å². The second-order valence-corrected chi connectivity index (χ2v) is 8.16. The van der Waals surface area contributed by atoms with Crippen LogP contribution in [0.3, 0.4) is 0 Å². The molecular formula is C19H24ClN3O2. The fraction of sp³-hybridized carbons (Fsp3) is 0.579. The minimum Gasteiger partial charge on any atom is -0.347 e. The van der Waals surface area contributed by atoms with E-state index in [9.17, 15) is 9.59 Å². The van der Waals surface area contributed by atoms with Crippen molar-refractivity contribution in [1.82, 2.24) is 15.1 Å². The van der Waals surface area contributed by atoms with E-state index in [0.717, 1.165) is 43.8 Å². The molecule has 0 aliphatic carbocycles. The summed E-state index contributed by atoms with van der Waals surface area (Å²) in [5.41, 5.74) is 1.19. The molecule has 0 saturated carbocycles. The third-order valence-corrected chi connectivity index (χ3v) is 6.07. The molecule has 0 unspecified atom stereocenters. The second-order valence-electron chi connectivity index (χ2n) is 7.73. The van der Waals surface area contributed by atoms with Crippen LogP contribution in [0.25, 0.3) is 0 Å². The zero-order chi connectivity index (χ0) is 17.4. The molecule has 1 aromatic rings. The lowest BCUT2D eigenvalue weighted by Gasteiger charge is -2.49. The number of nitrogens with one attached hydrogen (secondary N) is 1. The summed E-state index contributed by atoms with van der Waals surface area (Å²) in [6.45, 7) is 2.99. The van der Waals surface area contributed by atoms with Crippen molar-refractivity contribution in [2.75, 3.05) is 26.2 Å². The molecule has 3 amide bonds. The third kappa shape index (κ3) is 3.47. The van der Waals surface area contributed by atoms with Crippen LogP contribution in [-0.2, 0) is 11.2 Å². The highest BCUT2D eigenvalue weighted by molar-refractivity contribution is 6.30. The third-order valence-electron chi connectivity index (χ3n) is 5.82. The van der Waals surface area contributed by atoms with Crippen LogP contribution >= 0.6 is 11.6 Å². The van der Waals surface area contributed by atoms with Crippen molar-refractivity contribution in [3.8, 4) is 0 Å². The van der Waals surface area contributed by atoms with Crippen molar-refractivity contribution in [2.45, 2.75) is 37.6 Å². The van der Waals surface area contributed by atoms with Crippen molar-refractivity contribution in [2.24, 2.45) is 5.92 Å². The Morgan fingerprint density at radius 2 is 1.84 bits per heavy atom. The standard InChI is InChI=1S/C19H24ClN3O2/c20-16-3-1-14(2-4-16)11-15-6-9-22(10-7-15)18(25)23-12-19(13-23)8-5-17(24)21-19/h1-4,15H,5-13H2,(H,21,24). The number of halogens is 1. The Morgan fingerprint density at radius 1 is 1.16 bits per heavy atom. The number of nitrogens with zero attached hydrogens (tertiary/aromatic N) is 2. The summed E-state index contributed by atoms with van der Waals surface area (Å²) in [7, 11) is 0. The van der Waals surface area contributed by atoms with Gasteiger partial charge in [0.15, 0.2) is 0 Å². The molecule has 134 valence electrons. The first-order chi connectivity index (χ1) is 12.0. The molecule has 5 nitrogen and oxygen atoms in total. The average molecular weight is 362 g/mol. The summed E-state index contributed by atoms with van der Waals surface area (Å²) in [5.74, 6) is 0.747. The number of urea groups is 1. The topological polar surface area (TPSA) is 52.7 Å². The molecule has 0 radical (unpaired) electrons. The van der Waals surface area contributed by atoms with Crippen LogP contribution in [-0.4, -0.2) is 53.5 Å². The van der Waals surface area contributed by atoms with Crippen LogP contribution in [0.1, 0.15) is 31.2 Å². The molecule has 0 bridgehead atoms. The SMILES string of the molecule is O=C1CCC2(CN(C(=O)N3CCC(Cc4ccc(Cl)cc4)CC3)C2)N1. The average Bonchev–Trinajstić information content (AvgIpc) is 2.98. The van der Waals surface area contributed by atoms with Crippen molar-refractivity contribution in [3.05, 3.63) is 34.9 Å². The normalized spacial score (nSPS) is 22.8. The number of benzene rings is 1. The van der Waals surface area contributed by atoms with Gasteiger partial charge >= 0.3 is 6.03 Å². The largest absolute Gasteiger partial charge is 0.347 e. The first-order valence-corrected chi connectivity index (χ1v) is 9.50. The molecular weight excluding hydrogens is 338 g/mol. The number of piperidine rings is 1. The molecule has 1 spiro atoms. The van der Waals surface area contributed by atoms with Gasteiger partial charge in [-0.3, -0.25) is 4.79 Å². The van der Waals surface area contributed by atoms with Gasteiger partial charge in [-0.2, -0.15) is 0 Å². The van der Waals surface area contributed by atoms with Crippen molar-refractivity contribution in [1.29, 1.82) is 0 Å². The maximum atomic E-state index is 12.6. The van der Waals surface area contributed by atoms with Gasteiger partial charge in [0.25, 0.3) is 0 Å². The zero-order valence-corrected chi connectivity index (χ0v) is 15.1. The van der Waals surface area contributed by atoms with E-state index in [1.807, 2.05) is 21.9 Å². The van der Waals surface area contributed by atoms with Gasteiger partial charge in [-0.05, 0) is 49.3 Å². The van der Waals surface area contributed by atoms with Crippen LogP contribution in [0.4, 0.5) is 4.79 Å². The fourth-order valence-corrected chi connectivity index (χ4v) is 4.44. The number of amides is 3. The van der Waals surface area contributed by atoms with Gasteiger partial charge in [0, 0.05) is 37.6 Å². The van der Waals surface area contributed by atoms with Gasteiger partial charge in [0.1, 0.15) is 0 Å². The van der Waals surface area contributed by atoms with Crippen LogP contribution < -0.4 is 5.32 Å². The lowest BCUT2D eigenvalue weighted by molar-refractivity contribution is -0.120. The Balaban J connectivity index is 1.24. The number of carbonyl (C=O) groups excluding carboxylic acids is 2. The quantitative estimate of drug-likeness (QED) is 0.880. The molecule has 0 atom stereocenters. The van der Waals surface area contributed by atoms with E-state index < -0.39 is 0 Å². The molecule has 3 saturated heterocycles. The predicted molar refractivity (Wildman–Crippen MR) is 96.5 cm³/mol. The smallest absolute Gasteiger partial charge is 0.320 e. The van der Waals surface area contributed by atoms with E-state index in [0.29, 0.717) is 25.4 Å². The number of hydrogen-bond acceptors (Lipinski definition) is 2. The molecule has 25 heavy (non-hydrogen) atoms. The summed E-state index contributed by atoms with van der Waals surface area (Å²) < 4.78 is 0. The fourth-order valence-electron chi connectivity index (χ4n) is 4.31. The van der Waals surface area contributed by atoms with E-state index in [4.69, 9.17) is 11.6 Å². The van der Waals surface area contributed by atoms with Gasteiger partial charge < -0.3 is 15.1 Å². The van der Waals surface area contributed by atoms with E-state index >= 15 is 0 Å². The van der Waals surface area contributed by atoms with Crippen molar-refractivity contribution in [3.63, 3.8) is 0 Å². The van der Waals surface area contributed by atoms with Crippen LogP contribution in [0.5, 0.6) is 0 Å². The molecule has 3 aliphatic rings. The molecule has 3 aliphatic heterocycles. The maximum absolute atomic E-state index is 12.6. The van der Waals surface area contributed by atoms with Gasteiger partial charge in [-0.25, -0.2) is 4.79 Å². The first kappa shape index (κ1) is 16.7. The molecule has 0 aromatic heterocycles. The highest BCUT2D eigenvalue weighted by Crippen LogP contribution is 2.32. The van der Waals surface area contributed by atoms with Gasteiger partial charge in [-0.15, -0.1) is 0 Å². The lowest BCUT2D eigenvalue weighted by atomic mass is 9.88. The summed E-state index contributed by atoms with van der Waals surface area (Å²) in [6.07, 6.45) is 4.60. The Hall–Kier alpha value is -1.75. The maximum Gasteiger partial charge on any atom is 0.320 e. The Morgan fingerprint density at radius 3 is 2.44 bits per heavy atom. The van der Waals surface area contributed by atoms with E-state index in [1.165, 1.54) is 5.56 Å². The monoisotopic (exact) mass is 361 g/mol. The van der Waals surface area contributed by atoms with E-state index in [-0.39, 0.29) is 17.5 Å². The summed E-state index contributed by atoms with van der Waals surface area (Å²) >= 11 is 5.94. The van der Waals surface area contributed by atoms with Crippen LogP contribution in [0.15, 0.2) is 24.3 Å². The Bertz CT molecular complexity index is 662. The minimum atomic E-state index is -0.125. The highest BCUT2D eigenvalue weighted by Gasteiger charge is 2.50. The van der Waals surface area contributed by atoms with Gasteiger partial charge in [0.05, 0.1) is 5.54 Å². The Kier molecular flexibility index (Phi) is 4.36. The molecule has 6 heteroatoms. The number of carbonyl (C=O) groups is 2. The minimum absolute atomic E-state index is 0.120. The van der Waals surface area contributed by atoms with E-state index in [1.54, 1.807) is 0 Å². The number of hydrogen-bond donors (Lipinski definition) is 1. The van der Waals surface area contributed by atoms with E-state index in [2.05, 4.69) is 17.4 Å². The summed E-state index contributed by atoms with van der Waals surface area (Å²) in [5, 5.41) is 3.81. The summed E-state index contributed by atoms with van der Waals surface area (Å²) in [6, 6.07) is 8.20. The predicted octanol–water partition coefficient (Wildman–Crippen LogP) is 2.68. The van der Waals surface area contributed by atoms with Crippen LogP contribution in [0, 0.1) is 5.92 Å². The lowest BCUT2D eigenvalue weighted by Crippen LogP contribution is -2.70. The molecule has 1 N–H and O–H groups in total. The zero-order valence-electron chi connectivity index (χ0n) is 14.3. The highest BCUT2D eigenvalue weighted by atomic mass is 35.5. The molecule has 1 aromatic carbocycles. The van der Waals surface area contributed by atoms with Gasteiger partial charge in [0.2, 0.25) is 5.91 Å². The molecule has 4 rings (SSSR count). The van der Waals surface area contributed by atoms with Gasteiger partial charge in [-0.1, -0.05) is 23.7 Å².